The molecule has 0 saturated carbocycles. The Morgan fingerprint density at radius 1 is 1.24 bits per heavy atom. The van der Waals surface area contributed by atoms with Crippen molar-refractivity contribution >= 4 is 17.6 Å². The molecule has 2 fully saturated rings. The van der Waals surface area contributed by atoms with Crippen molar-refractivity contribution in [3.05, 3.63) is 29.6 Å². The minimum atomic E-state index is -0.506. The monoisotopic (exact) mass is 348 g/mol. The molecule has 1 atom stereocenters. The first-order valence-corrected chi connectivity index (χ1v) is 8.83. The number of piperidine rings is 2. The van der Waals surface area contributed by atoms with Crippen LogP contribution in [-0.2, 0) is 4.79 Å². The highest BCUT2D eigenvalue weighted by Crippen LogP contribution is 2.28. The molecule has 0 bridgehead atoms. The van der Waals surface area contributed by atoms with Gasteiger partial charge in [0.15, 0.2) is 0 Å². The van der Waals surface area contributed by atoms with Crippen LogP contribution in [0.1, 0.15) is 31.2 Å². The smallest absolute Gasteiger partial charge is 0.312 e. The maximum atomic E-state index is 14.2. The van der Waals surface area contributed by atoms with E-state index in [9.17, 15) is 14.0 Å². The molecule has 1 aromatic carbocycles. The second kappa shape index (κ2) is 7.39. The third-order valence-electron chi connectivity index (χ3n) is 5.12. The Balaban J connectivity index is 1.69. The van der Waals surface area contributed by atoms with Gasteiger partial charge in [-0.05, 0) is 50.3 Å². The van der Waals surface area contributed by atoms with Gasteiger partial charge < -0.3 is 16.0 Å². The summed E-state index contributed by atoms with van der Waals surface area (Å²) < 4.78 is 14.2. The van der Waals surface area contributed by atoms with Crippen LogP contribution in [0.2, 0.25) is 0 Å². The van der Waals surface area contributed by atoms with Gasteiger partial charge in [-0.2, -0.15) is 0 Å². The molecule has 3 rings (SSSR count). The number of nitrogens with two attached hydrogens (primary N) is 1. The zero-order valence-electron chi connectivity index (χ0n) is 14.5. The normalized spacial score (nSPS) is 22.9. The Hall–Kier alpha value is -2.15. The summed E-state index contributed by atoms with van der Waals surface area (Å²) in [6.45, 7) is 3.90. The highest BCUT2D eigenvalue weighted by Gasteiger charge is 2.36. The van der Waals surface area contributed by atoms with Gasteiger partial charge in [0.1, 0.15) is 5.82 Å². The first-order chi connectivity index (χ1) is 12.0. The van der Waals surface area contributed by atoms with E-state index in [0.717, 1.165) is 44.3 Å². The van der Waals surface area contributed by atoms with Crippen molar-refractivity contribution in [2.45, 2.75) is 44.7 Å². The fraction of sp³-hybridized carbons (Fsp3) is 0.556. The van der Waals surface area contributed by atoms with Gasteiger partial charge >= 0.3 is 6.03 Å². The third kappa shape index (κ3) is 3.92. The van der Waals surface area contributed by atoms with E-state index in [1.165, 1.54) is 6.07 Å². The second-order valence-electron chi connectivity index (χ2n) is 6.92. The Labute approximate surface area is 147 Å². The molecule has 6 nitrogen and oxygen atoms in total. The molecule has 0 radical (unpaired) electrons. The molecular formula is C18H25FN4O2. The average molecular weight is 348 g/mol. The van der Waals surface area contributed by atoms with E-state index in [1.54, 1.807) is 17.0 Å². The van der Waals surface area contributed by atoms with Gasteiger partial charge in [0, 0.05) is 25.7 Å². The lowest BCUT2D eigenvalue weighted by Crippen LogP contribution is -2.56. The first kappa shape index (κ1) is 17.7. The summed E-state index contributed by atoms with van der Waals surface area (Å²) in [6.07, 6.45) is 3.18. The van der Waals surface area contributed by atoms with Crippen LogP contribution >= 0.6 is 0 Å². The Kier molecular flexibility index (Phi) is 5.22. The number of halogens is 1. The number of benzene rings is 1. The van der Waals surface area contributed by atoms with Crippen LogP contribution in [-0.4, -0.2) is 48.6 Å². The maximum absolute atomic E-state index is 14.2. The van der Waals surface area contributed by atoms with E-state index in [1.807, 2.05) is 6.92 Å². The van der Waals surface area contributed by atoms with Gasteiger partial charge in [0.05, 0.1) is 11.7 Å². The summed E-state index contributed by atoms with van der Waals surface area (Å²) in [5, 5.41) is 2.73. The molecule has 2 heterocycles. The predicted molar refractivity (Wildman–Crippen MR) is 93.8 cm³/mol. The van der Waals surface area contributed by atoms with Gasteiger partial charge in [0.25, 0.3) is 0 Å². The second-order valence-corrected chi connectivity index (χ2v) is 6.92. The van der Waals surface area contributed by atoms with Gasteiger partial charge in [0.2, 0.25) is 5.91 Å². The number of hydrogen-bond acceptors (Lipinski definition) is 3. The molecule has 2 aliphatic rings. The Morgan fingerprint density at radius 2 is 1.96 bits per heavy atom. The topological polar surface area (TPSA) is 78.7 Å². The minimum Gasteiger partial charge on any atom is -0.352 e. The molecule has 7 heteroatoms. The van der Waals surface area contributed by atoms with Gasteiger partial charge in [-0.25, -0.2) is 9.18 Å². The molecule has 0 unspecified atom stereocenters. The van der Waals surface area contributed by atoms with E-state index in [-0.39, 0.29) is 23.8 Å². The van der Waals surface area contributed by atoms with Gasteiger partial charge in [-0.1, -0.05) is 6.07 Å². The van der Waals surface area contributed by atoms with Crippen LogP contribution in [0.15, 0.2) is 18.2 Å². The van der Waals surface area contributed by atoms with Crippen LogP contribution in [0.3, 0.4) is 0 Å². The zero-order valence-corrected chi connectivity index (χ0v) is 14.5. The number of anilines is 1. The lowest BCUT2D eigenvalue weighted by molar-refractivity contribution is -0.125. The molecule has 2 aliphatic heterocycles. The van der Waals surface area contributed by atoms with Crippen molar-refractivity contribution in [1.29, 1.82) is 0 Å². The van der Waals surface area contributed by atoms with Crippen LogP contribution in [0, 0.1) is 12.7 Å². The highest BCUT2D eigenvalue weighted by atomic mass is 19.1. The Morgan fingerprint density at radius 3 is 2.64 bits per heavy atom. The van der Waals surface area contributed by atoms with E-state index in [0.29, 0.717) is 12.2 Å². The number of carbonyl (C=O) groups is 2. The van der Waals surface area contributed by atoms with Crippen LogP contribution in [0.4, 0.5) is 14.9 Å². The van der Waals surface area contributed by atoms with Gasteiger partial charge in [-0.3, -0.25) is 9.69 Å². The highest BCUT2D eigenvalue weighted by molar-refractivity contribution is 5.98. The summed E-state index contributed by atoms with van der Waals surface area (Å²) in [7, 11) is 0. The number of hydrogen-bond donors (Lipinski definition) is 2. The van der Waals surface area contributed by atoms with E-state index in [2.05, 4.69) is 10.2 Å². The molecule has 1 aromatic rings. The van der Waals surface area contributed by atoms with Crippen LogP contribution in [0.5, 0.6) is 0 Å². The first-order valence-electron chi connectivity index (χ1n) is 8.83. The van der Waals surface area contributed by atoms with Crippen molar-refractivity contribution in [1.82, 2.24) is 10.2 Å². The molecule has 3 N–H and O–H groups in total. The number of primary amides is 1. The fourth-order valence-corrected chi connectivity index (χ4v) is 3.82. The Bertz CT molecular complexity index is 658. The van der Waals surface area contributed by atoms with Crippen molar-refractivity contribution in [2.75, 3.05) is 24.5 Å². The number of aryl methyl sites for hydroxylation is 1. The van der Waals surface area contributed by atoms with Crippen molar-refractivity contribution in [2.24, 2.45) is 5.73 Å². The van der Waals surface area contributed by atoms with E-state index >= 15 is 0 Å². The molecular weight excluding hydrogens is 323 g/mol. The quantitative estimate of drug-likeness (QED) is 0.874. The number of nitrogens with one attached hydrogen (secondary N) is 1. The molecule has 136 valence electrons. The lowest BCUT2D eigenvalue weighted by atomic mass is 9.97. The minimum absolute atomic E-state index is 0.0305. The largest absolute Gasteiger partial charge is 0.352 e. The number of amides is 3. The summed E-state index contributed by atoms with van der Waals surface area (Å²) in [5.74, 6) is -0.388. The summed E-state index contributed by atoms with van der Waals surface area (Å²) >= 11 is 0. The van der Waals surface area contributed by atoms with Crippen LogP contribution in [0.25, 0.3) is 0 Å². The number of nitrogens with zero attached hydrogens (tertiary/aromatic N) is 2. The summed E-state index contributed by atoms with van der Waals surface area (Å²) in [5.41, 5.74) is 6.48. The van der Waals surface area contributed by atoms with E-state index in [4.69, 9.17) is 5.73 Å². The predicted octanol–water partition coefficient (Wildman–Crippen LogP) is 1.76. The number of rotatable bonds is 3. The van der Waals surface area contributed by atoms with Crippen molar-refractivity contribution in [3.8, 4) is 0 Å². The number of carbonyl (C=O) groups excluding carboxylic acids is 2. The molecule has 3 amide bonds. The SMILES string of the molecule is Cc1ccc(F)c(N2CCC[C@H](N3CCC(NC(N)=O)CC3)C2=O)c1. The number of likely N-dealkylation sites (tertiary alicyclic amines) is 1. The lowest BCUT2D eigenvalue weighted by Gasteiger charge is -2.41. The zero-order chi connectivity index (χ0) is 18.0. The van der Waals surface area contributed by atoms with E-state index < -0.39 is 6.03 Å². The molecule has 0 aliphatic carbocycles. The summed E-state index contributed by atoms with van der Waals surface area (Å²) in [6, 6.07) is 4.21. The molecule has 2 saturated heterocycles. The summed E-state index contributed by atoms with van der Waals surface area (Å²) in [4.78, 5) is 27.7. The molecule has 25 heavy (non-hydrogen) atoms. The van der Waals surface area contributed by atoms with Crippen molar-refractivity contribution in [3.63, 3.8) is 0 Å². The third-order valence-corrected chi connectivity index (χ3v) is 5.12. The number of urea groups is 1. The molecule has 0 spiro atoms. The standard InChI is InChI=1S/C18H25FN4O2/c1-12-4-5-14(19)16(11-12)23-8-2-3-15(17(23)24)22-9-6-13(7-10-22)21-18(20)25/h4-5,11,13,15H,2-3,6-10H2,1H3,(H3,20,21,25)/t15-/m0/s1. The van der Waals surface area contributed by atoms with Crippen LogP contribution < -0.4 is 16.0 Å². The van der Waals surface area contributed by atoms with Gasteiger partial charge in [-0.15, -0.1) is 0 Å². The average Bonchev–Trinajstić information content (AvgIpc) is 2.58. The molecule has 0 aromatic heterocycles. The maximum Gasteiger partial charge on any atom is 0.312 e. The van der Waals surface area contributed by atoms with Crippen molar-refractivity contribution < 1.29 is 14.0 Å². The fourth-order valence-electron chi connectivity index (χ4n) is 3.82.